The number of rotatable bonds is 13. The predicted molar refractivity (Wildman–Crippen MR) is 247 cm³/mol. The molecule has 0 heterocycles. The van der Waals surface area contributed by atoms with E-state index in [1.165, 1.54) is 62.8 Å². The van der Waals surface area contributed by atoms with E-state index < -0.39 is 168 Å². The summed E-state index contributed by atoms with van der Waals surface area (Å²) in [6, 6.07) is 21.0. The quantitative estimate of drug-likeness (QED) is 0.0631. The zero-order valence-electron chi connectivity index (χ0n) is 40.3. The molecule has 0 aromatic heterocycles. The van der Waals surface area contributed by atoms with Gasteiger partial charge in [0.2, 0.25) is 60.2 Å². The maximum Gasteiger partial charge on any atom is 0.218 e. The van der Waals surface area contributed by atoms with Gasteiger partial charge in [0.05, 0.1) is 24.0 Å². The van der Waals surface area contributed by atoms with Gasteiger partial charge in [-0.25, -0.2) is 69.5 Å². The molecular weight excluding hydrogens is 1150 g/mol. The van der Waals surface area contributed by atoms with E-state index in [-0.39, 0.29) is 15.5 Å². The minimum absolute atomic E-state index is 0.130. The Bertz CT molecular complexity index is 3920. The summed E-state index contributed by atoms with van der Waals surface area (Å²) in [4.78, 5) is 7.06. The van der Waals surface area contributed by atoms with E-state index >= 15 is 0 Å². The number of hydrogen-bond donors (Lipinski definition) is 0. The lowest BCUT2D eigenvalue weighted by Gasteiger charge is -2.15. The molecule has 0 saturated heterocycles. The van der Waals surface area contributed by atoms with E-state index in [2.05, 4.69) is 0 Å². The van der Waals surface area contributed by atoms with Gasteiger partial charge in [0.25, 0.3) is 0 Å². The molecule has 80 heavy (non-hydrogen) atoms. The maximum atomic E-state index is 14.8. The molecule has 0 fully saturated rings. The van der Waals surface area contributed by atoms with Gasteiger partial charge < -0.3 is 18.9 Å². The molecule has 0 bridgehead atoms. The third-order valence-electron chi connectivity index (χ3n) is 11.5. The molecule has 8 aromatic rings. The minimum atomic E-state index is -6.22. The van der Waals surface area contributed by atoms with Crippen molar-refractivity contribution in [3.8, 4) is 45.6 Å². The second-order valence-electron chi connectivity index (χ2n) is 16.3. The second kappa shape index (κ2) is 22.6. The number of sulfone groups is 2. The molecule has 9 nitrogen and oxygen atoms in total. The van der Waals surface area contributed by atoms with Crippen LogP contribution in [0.2, 0.25) is 0 Å². The number of halogens is 16. The van der Waals surface area contributed by atoms with E-state index in [0.717, 1.165) is 24.3 Å². The highest BCUT2D eigenvalue weighted by Gasteiger charge is 2.41. The van der Waals surface area contributed by atoms with Crippen LogP contribution in [0.25, 0.3) is 11.1 Å². The number of ketones is 1. The molecule has 0 spiro atoms. The molecule has 0 amide bonds. The van der Waals surface area contributed by atoms with Crippen LogP contribution >= 0.6 is 0 Å². The van der Waals surface area contributed by atoms with E-state index in [4.69, 9.17) is 18.9 Å². The molecule has 0 N–H and O–H groups in total. The first-order valence-electron chi connectivity index (χ1n) is 21.8. The monoisotopic (exact) mass is 1180 g/mol. The van der Waals surface area contributed by atoms with Crippen LogP contribution in [0.15, 0.2) is 117 Å². The highest BCUT2D eigenvalue weighted by Crippen LogP contribution is 2.41. The Labute approximate surface area is 440 Å². The van der Waals surface area contributed by atoms with Gasteiger partial charge in [-0.3, -0.25) is 4.79 Å². The van der Waals surface area contributed by atoms with Crippen LogP contribution in [0.5, 0.6) is 34.5 Å². The van der Waals surface area contributed by atoms with Crippen LogP contribution in [-0.4, -0.2) is 36.8 Å². The molecule has 8 rings (SSSR count). The summed E-state index contributed by atoms with van der Waals surface area (Å²) < 4.78 is 301. The molecule has 27 heteroatoms. The van der Waals surface area contributed by atoms with Crippen molar-refractivity contribution in [2.24, 2.45) is 0 Å². The zero-order valence-corrected chi connectivity index (χ0v) is 41.9. The molecule has 0 atom stereocenters. The lowest BCUT2D eigenvalue weighted by atomic mass is 9.98. The number of methoxy groups -OCH3 is 2. The summed E-state index contributed by atoms with van der Waals surface area (Å²) in [5.74, 6) is -43.7. The number of hydrogen-bond acceptors (Lipinski definition) is 9. The molecule has 0 radical (unpaired) electrons. The van der Waals surface area contributed by atoms with Crippen molar-refractivity contribution in [1.82, 2.24) is 0 Å². The largest absolute Gasteiger partial charge is 0.497 e. The molecule has 0 saturated carbocycles. The fourth-order valence-corrected chi connectivity index (χ4v) is 10.0. The lowest BCUT2D eigenvalue weighted by Crippen LogP contribution is -2.18. The van der Waals surface area contributed by atoms with E-state index in [0.29, 0.717) is 36.5 Å². The van der Waals surface area contributed by atoms with Crippen LogP contribution < -0.4 is 18.9 Å². The van der Waals surface area contributed by atoms with Crippen molar-refractivity contribution in [3.05, 3.63) is 212 Å². The Morgan fingerprint density at radius 1 is 0.325 bits per heavy atom. The van der Waals surface area contributed by atoms with Gasteiger partial charge in [-0.05, 0) is 97.8 Å². The number of carbonyl (C=O) groups excluding carboxylic acids is 1. The van der Waals surface area contributed by atoms with Crippen molar-refractivity contribution in [2.75, 3.05) is 14.2 Å². The standard InChI is InChI=1S/C27H14F8O5S.C26H14F8O4S/c1-11-18(28)20(30)16(21(31)19(11)29)26(36)17-22(32)24(34)27(25(35)23(17)33)40-13-5-9-15(10-6-13)41(37,38)14-7-3-12(39-2)4-8-14;1-11-16(27)20(31)25(21(32)17(11)28)39(35,36)26-22(33)18(29)24(19(30)23(26)34)38-15-9-5-13(6-10-15)12-3-7-14(37-2)8-4-12/h3-10H,1-2H3;3-10H,1-2H3. The SMILES string of the molecule is COc1ccc(-c2ccc(Oc3c(F)c(F)c(S(=O)(=O)c4c(F)c(F)c(C)c(F)c4F)c(F)c3F)cc2)cc1.COc1ccc(S(=O)(=O)c2ccc(Oc3c(F)c(F)c(C(=O)c4c(F)c(F)c(C)c(F)c4F)c(F)c3F)cc2)cc1. The van der Waals surface area contributed by atoms with Crippen molar-refractivity contribution in [3.63, 3.8) is 0 Å². The maximum absolute atomic E-state index is 14.8. The zero-order chi connectivity index (χ0) is 59.2. The summed E-state index contributed by atoms with van der Waals surface area (Å²) in [7, 11) is -7.44. The van der Waals surface area contributed by atoms with E-state index in [9.17, 15) is 91.9 Å². The normalized spacial score (nSPS) is 11.5. The first kappa shape index (κ1) is 59.1. The molecular formula is C53H28F16O9S2. The Morgan fingerprint density at radius 2 is 0.575 bits per heavy atom. The third kappa shape index (κ3) is 10.6. The average Bonchev–Trinajstić information content (AvgIpc) is 3.45. The predicted octanol–water partition coefficient (Wildman–Crippen LogP) is 14.4. The molecule has 0 unspecified atom stereocenters. The highest BCUT2D eigenvalue weighted by molar-refractivity contribution is 7.91. The molecule has 0 aliphatic rings. The van der Waals surface area contributed by atoms with E-state index in [1.54, 1.807) is 24.3 Å². The molecule has 0 aliphatic heterocycles. The van der Waals surface area contributed by atoms with Crippen molar-refractivity contribution < 1.29 is 111 Å². The van der Waals surface area contributed by atoms with Crippen LogP contribution in [-0.2, 0) is 19.7 Å². The van der Waals surface area contributed by atoms with Crippen LogP contribution in [0.4, 0.5) is 70.2 Å². The Balaban J connectivity index is 0.000000231. The number of benzene rings is 8. The van der Waals surface area contributed by atoms with Gasteiger partial charge in [0, 0.05) is 11.1 Å². The van der Waals surface area contributed by atoms with Gasteiger partial charge in [-0.15, -0.1) is 0 Å². The van der Waals surface area contributed by atoms with Crippen LogP contribution in [0.1, 0.15) is 27.0 Å². The first-order valence-corrected chi connectivity index (χ1v) is 24.8. The van der Waals surface area contributed by atoms with Gasteiger partial charge in [-0.1, -0.05) is 24.3 Å². The molecule has 418 valence electrons. The van der Waals surface area contributed by atoms with Gasteiger partial charge in [0.1, 0.15) is 43.9 Å². The fourth-order valence-electron chi connectivity index (χ4n) is 7.25. The Morgan fingerprint density at radius 3 is 0.900 bits per heavy atom. The van der Waals surface area contributed by atoms with Gasteiger partial charge >= 0.3 is 0 Å². The van der Waals surface area contributed by atoms with Crippen LogP contribution in [0.3, 0.4) is 0 Å². The smallest absolute Gasteiger partial charge is 0.218 e. The second-order valence-corrected chi connectivity index (χ2v) is 20.1. The van der Waals surface area contributed by atoms with Crippen molar-refractivity contribution in [1.29, 1.82) is 0 Å². The van der Waals surface area contributed by atoms with Crippen molar-refractivity contribution >= 4 is 25.5 Å². The minimum Gasteiger partial charge on any atom is -0.497 e. The topological polar surface area (TPSA) is 122 Å². The number of carbonyl (C=O) groups is 1. The Kier molecular flexibility index (Phi) is 16.7. The summed E-state index contributed by atoms with van der Waals surface area (Å²) >= 11 is 0. The summed E-state index contributed by atoms with van der Waals surface area (Å²) in [5, 5.41) is 0. The summed E-state index contributed by atoms with van der Waals surface area (Å²) in [6.07, 6.45) is 0. The highest BCUT2D eigenvalue weighted by atomic mass is 32.2. The van der Waals surface area contributed by atoms with Gasteiger partial charge in [-0.2, -0.15) is 17.6 Å². The van der Waals surface area contributed by atoms with Crippen LogP contribution in [0, 0.1) is 107 Å². The summed E-state index contributed by atoms with van der Waals surface area (Å²) in [6.45, 7) is 1.17. The molecule has 8 aromatic carbocycles. The van der Waals surface area contributed by atoms with Gasteiger partial charge in [0.15, 0.2) is 69.8 Å². The lowest BCUT2D eigenvalue weighted by molar-refractivity contribution is 0.101. The first-order chi connectivity index (χ1) is 37.5. The summed E-state index contributed by atoms with van der Waals surface area (Å²) in [5.41, 5.74) is -5.47. The van der Waals surface area contributed by atoms with E-state index in [1.807, 2.05) is 0 Å². The average molecular weight is 1180 g/mol. The fraction of sp³-hybridized carbons (Fsp3) is 0.0755. The molecule has 0 aliphatic carbocycles. The number of ether oxygens (including phenoxy) is 4. The van der Waals surface area contributed by atoms with Crippen molar-refractivity contribution in [2.45, 2.75) is 33.4 Å². The Hall–Kier alpha value is -8.59. The third-order valence-corrected chi connectivity index (χ3v) is 15.1.